The number of aromatic nitrogens is 2. The number of carbonyl (C=O) groups is 1. The van der Waals surface area contributed by atoms with E-state index in [9.17, 15) is 9.18 Å². The quantitative estimate of drug-likeness (QED) is 0.322. The number of ether oxygens (including phenoxy) is 2. The smallest absolute Gasteiger partial charge is 0.253 e. The van der Waals surface area contributed by atoms with Crippen LogP contribution in [0.2, 0.25) is 5.02 Å². The Kier molecular flexibility index (Phi) is 7.90. The van der Waals surface area contributed by atoms with Gasteiger partial charge < -0.3 is 14.8 Å². The van der Waals surface area contributed by atoms with Gasteiger partial charge in [-0.25, -0.2) is 4.39 Å². The van der Waals surface area contributed by atoms with Gasteiger partial charge in [0.1, 0.15) is 13.3 Å². The lowest BCUT2D eigenvalue weighted by Gasteiger charge is -2.14. The van der Waals surface area contributed by atoms with E-state index >= 15 is 0 Å². The van der Waals surface area contributed by atoms with Crippen molar-refractivity contribution < 1.29 is 18.7 Å². The van der Waals surface area contributed by atoms with Crippen molar-refractivity contribution in [3.05, 3.63) is 95.4 Å². The van der Waals surface area contributed by atoms with Crippen LogP contribution in [0, 0.1) is 0 Å². The molecule has 0 aliphatic rings. The Balaban J connectivity index is 1.62. The molecular formula is C27H23ClFN3O3. The van der Waals surface area contributed by atoms with E-state index in [-0.39, 0.29) is 19.1 Å². The average Bonchev–Trinajstić information content (AvgIpc) is 2.90. The van der Waals surface area contributed by atoms with Gasteiger partial charge in [-0.15, -0.1) is 0 Å². The highest BCUT2D eigenvalue weighted by Crippen LogP contribution is 2.29. The van der Waals surface area contributed by atoms with Crippen LogP contribution in [0.3, 0.4) is 0 Å². The molecule has 8 heteroatoms. The van der Waals surface area contributed by atoms with Crippen LogP contribution in [-0.2, 0) is 6.54 Å². The number of nitrogens with zero attached hydrogens (tertiary/aromatic N) is 2. The SMILES string of the molecule is COc1cc(CNC(=O)c2cc(-c3cncc(Cl)c3)cnc2-c2ccccc2)ccc1OCCF. The second-order valence-corrected chi connectivity index (χ2v) is 8.02. The maximum Gasteiger partial charge on any atom is 0.253 e. The number of hydrogen-bond donors (Lipinski definition) is 1. The Morgan fingerprint density at radius 1 is 0.971 bits per heavy atom. The van der Waals surface area contributed by atoms with E-state index < -0.39 is 6.67 Å². The zero-order chi connectivity index (χ0) is 24.6. The summed E-state index contributed by atoms with van der Waals surface area (Å²) < 4.78 is 23.1. The van der Waals surface area contributed by atoms with E-state index in [1.807, 2.05) is 30.3 Å². The molecule has 2 aromatic heterocycles. The first-order valence-electron chi connectivity index (χ1n) is 10.9. The minimum Gasteiger partial charge on any atom is -0.493 e. The maximum atomic E-state index is 13.3. The van der Waals surface area contributed by atoms with Gasteiger partial charge in [0.25, 0.3) is 5.91 Å². The molecule has 0 fully saturated rings. The van der Waals surface area contributed by atoms with Crippen LogP contribution in [-0.4, -0.2) is 36.3 Å². The van der Waals surface area contributed by atoms with Gasteiger partial charge in [-0.1, -0.05) is 48.0 Å². The number of pyridine rings is 2. The Labute approximate surface area is 207 Å². The van der Waals surface area contributed by atoms with Gasteiger partial charge in [0.2, 0.25) is 0 Å². The summed E-state index contributed by atoms with van der Waals surface area (Å²) in [6, 6.07) is 18.3. The van der Waals surface area contributed by atoms with E-state index in [0.717, 1.165) is 22.3 Å². The van der Waals surface area contributed by atoms with Crippen LogP contribution in [0.25, 0.3) is 22.4 Å². The Hall–Kier alpha value is -3.97. The summed E-state index contributed by atoms with van der Waals surface area (Å²) in [5.74, 6) is 0.621. The monoisotopic (exact) mass is 491 g/mol. The number of nitrogens with one attached hydrogen (secondary N) is 1. The number of hydrogen-bond acceptors (Lipinski definition) is 5. The fraction of sp³-hybridized carbons (Fsp3) is 0.148. The van der Waals surface area contributed by atoms with Crippen molar-refractivity contribution in [3.63, 3.8) is 0 Å². The Morgan fingerprint density at radius 3 is 2.51 bits per heavy atom. The minimum absolute atomic E-state index is 0.0554. The fourth-order valence-corrected chi connectivity index (χ4v) is 3.73. The largest absolute Gasteiger partial charge is 0.493 e. The van der Waals surface area contributed by atoms with E-state index in [4.69, 9.17) is 21.1 Å². The van der Waals surface area contributed by atoms with Crippen LogP contribution < -0.4 is 14.8 Å². The molecule has 1 amide bonds. The molecule has 35 heavy (non-hydrogen) atoms. The maximum absolute atomic E-state index is 13.3. The topological polar surface area (TPSA) is 73.3 Å². The third-order valence-electron chi connectivity index (χ3n) is 5.23. The first-order chi connectivity index (χ1) is 17.1. The molecule has 4 rings (SSSR count). The van der Waals surface area contributed by atoms with Gasteiger partial charge >= 0.3 is 0 Å². The molecule has 2 aromatic carbocycles. The zero-order valence-electron chi connectivity index (χ0n) is 19.0. The summed E-state index contributed by atoms with van der Waals surface area (Å²) in [5, 5.41) is 3.45. The summed E-state index contributed by atoms with van der Waals surface area (Å²) in [7, 11) is 1.51. The number of amides is 1. The minimum atomic E-state index is -0.594. The van der Waals surface area contributed by atoms with E-state index in [1.54, 1.807) is 48.9 Å². The second-order valence-electron chi connectivity index (χ2n) is 7.58. The molecule has 0 bridgehead atoms. The zero-order valence-corrected chi connectivity index (χ0v) is 19.8. The van der Waals surface area contributed by atoms with E-state index in [1.165, 1.54) is 7.11 Å². The first-order valence-corrected chi connectivity index (χ1v) is 11.3. The molecule has 0 spiro atoms. The highest BCUT2D eigenvalue weighted by atomic mass is 35.5. The molecule has 0 saturated carbocycles. The van der Waals surface area contributed by atoms with Crippen LogP contribution in [0.15, 0.2) is 79.3 Å². The summed E-state index contributed by atoms with van der Waals surface area (Å²) in [4.78, 5) is 22.1. The molecule has 6 nitrogen and oxygen atoms in total. The molecule has 0 saturated heterocycles. The molecule has 0 atom stereocenters. The lowest BCUT2D eigenvalue weighted by atomic mass is 10.0. The van der Waals surface area contributed by atoms with Gasteiger partial charge in [0.15, 0.2) is 11.5 Å². The van der Waals surface area contributed by atoms with Crippen LogP contribution >= 0.6 is 11.6 Å². The highest BCUT2D eigenvalue weighted by molar-refractivity contribution is 6.30. The number of halogens is 2. The molecule has 1 N–H and O–H groups in total. The third-order valence-corrected chi connectivity index (χ3v) is 5.44. The van der Waals surface area contributed by atoms with Crippen molar-refractivity contribution in [1.82, 2.24) is 15.3 Å². The summed E-state index contributed by atoms with van der Waals surface area (Å²) in [6.45, 7) is -0.404. The number of carbonyl (C=O) groups excluding carboxylic acids is 1. The molecule has 0 unspecified atom stereocenters. The number of rotatable bonds is 9. The predicted molar refractivity (Wildman–Crippen MR) is 134 cm³/mol. The number of methoxy groups -OCH3 is 1. The second kappa shape index (κ2) is 11.4. The van der Waals surface area contributed by atoms with Gasteiger partial charge in [-0.3, -0.25) is 14.8 Å². The van der Waals surface area contributed by atoms with E-state index in [0.29, 0.717) is 27.8 Å². The average molecular weight is 492 g/mol. The van der Waals surface area contributed by atoms with Crippen molar-refractivity contribution in [2.24, 2.45) is 0 Å². The highest BCUT2D eigenvalue weighted by Gasteiger charge is 2.17. The van der Waals surface area contributed by atoms with Crippen LogP contribution in [0.1, 0.15) is 15.9 Å². The summed E-state index contributed by atoms with van der Waals surface area (Å²) >= 11 is 6.11. The third kappa shape index (κ3) is 5.94. The Morgan fingerprint density at radius 2 is 1.77 bits per heavy atom. The fourth-order valence-electron chi connectivity index (χ4n) is 3.56. The molecule has 4 aromatic rings. The van der Waals surface area contributed by atoms with Crippen molar-refractivity contribution in [2.45, 2.75) is 6.54 Å². The van der Waals surface area contributed by atoms with Gasteiger partial charge in [0.05, 0.1) is 23.4 Å². The molecular weight excluding hydrogens is 469 g/mol. The molecule has 0 aliphatic carbocycles. The van der Waals surface area contributed by atoms with Gasteiger partial charge in [-0.05, 0) is 29.8 Å². The predicted octanol–water partition coefficient (Wildman–Crippen LogP) is 5.75. The van der Waals surface area contributed by atoms with Crippen molar-refractivity contribution in [3.8, 4) is 33.9 Å². The summed E-state index contributed by atoms with van der Waals surface area (Å²) in [5.41, 5.74) is 4.09. The first kappa shape index (κ1) is 24.2. The van der Waals surface area contributed by atoms with Crippen LogP contribution in [0.5, 0.6) is 11.5 Å². The van der Waals surface area contributed by atoms with Crippen molar-refractivity contribution in [1.29, 1.82) is 0 Å². The molecule has 0 aliphatic heterocycles. The van der Waals surface area contributed by atoms with Crippen molar-refractivity contribution >= 4 is 17.5 Å². The Bertz CT molecular complexity index is 1320. The van der Waals surface area contributed by atoms with Gasteiger partial charge in [-0.2, -0.15) is 0 Å². The lowest BCUT2D eigenvalue weighted by Crippen LogP contribution is -2.24. The standard InChI is InChI=1S/C27H23ClFN3O3/c1-34-25-11-18(7-8-24(25)35-10-9-29)14-32-27(33)23-13-21(20-12-22(28)17-30-15-20)16-31-26(23)19-5-3-2-4-6-19/h2-8,11-13,15-17H,9-10,14H2,1H3,(H,32,33). The normalized spacial score (nSPS) is 10.6. The van der Waals surface area contributed by atoms with E-state index in [2.05, 4.69) is 15.3 Å². The lowest BCUT2D eigenvalue weighted by molar-refractivity contribution is 0.0951. The molecule has 2 heterocycles. The molecule has 0 radical (unpaired) electrons. The summed E-state index contributed by atoms with van der Waals surface area (Å²) in [6.07, 6.45) is 4.92. The van der Waals surface area contributed by atoms with Crippen LogP contribution in [0.4, 0.5) is 4.39 Å². The number of benzene rings is 2. The van der Waals surface area contributed by atoms with Crippen molar-refractivity contribution in [2.75, 3.05) is 20.4 Å². The van der Waals surface area contributed by atoms with Gasteiger partial charge in [0, 0.05) is 41.8 Å². The molecule has 178 valence electrons. The number of alkyl halides is 1.